The minimum atomic E-state index is 0.186. The topological polar surface area (TPSA) is 26.9 Å². The fourth-order valence-electron chi connectivity index (χ4n) is 5.91. The van der Waals surface area contributed by atoms with Crippen molar-refractivity contribution < 1.29 is 0 Å². The van der Waals surface area contributed by atoms with Gasteiger partial charge in [0.05, 0.1) is 6.54 Å². The van der Waals surface area contributed by atoms with Crippen LogP contribution in [0.5, 0.6) is 0 Å². The predicted octanol–water partition coefficient (Wildman–Crippen LogP) is 3.70. The molecule has 4 bridgehead atoms. The standard InChI is InChI=1S/C20H24N2O/c23-20-21(13-14-4-2-1-3-5-14)6-7-22(20)19-17-9-15-8-16(11-17)12-18(19)10-15/h1-7,15-19H,8-13H2. The summed E-state index contributed by atoms with van der Waals surface area (Å²) in [4.78, 5) is 12.9. The van der Waals surface area contributed by atoms with Crippen molar-refractivity contribution in [1.29, 1.82) is 0 Å². The van der Waals surface area contributed by atoms with E-state index in [-0.39, 0.29) is 5.69 Å². The van der Waals surface area contributed by atoms with Gasteiger partial charge in [0.25, 0.3) is 0 Å². The van der Waals surface area contributed by atoms with Crippen molar-refractivity contribution in [3.63, 3.8) is 0 Å². The molecule has 0 atom stereocenters. The zero-order valence-electron chi connectivity index (χ0n) is 13.5. The second kappa shape index (κ2) is 5.12. The molecule has 0 saturated heterocycles. The molecular weight excluding hydrogens is 284 g/mol. The number of hydrogen-bond donors (Lipinski definition) is 0. The van der Waals surface area contributed by atoms with Crippen LogP contribution >= 0.6 is 0 Å². The van der Waals surface area contributed by atoms with E-state index in [9.17, 15) is 4.79 Å². The third-order valence-corrected chi connectivity index (χ3v) is 6.57. The highest BCUT2D eigenvalue weighted by Gasteiger charge is 2.49. The molecular formula is C20H24N2O. The second-order valence-corrected chi connectivity index (χ2v) is 8.02. The maximum Gasteiger partial charge on any atom is 0.328 e. The van der Waals surface area contributed by atoms with Crippen molar-refractivity contribution in [1.82, 2.24) is 9.13 Å². The van der Waals surface area contributed by atoms with Crippen LogP contribution in [-0.2, 0) is 6.54 Å². The summed E-state index contributed by atoms with van der Waals surface area (Å²) in [6.45, 7) is 0.681. The maximum absolute atomic E-state index is 12.9. The van der Waals surface area contributed by atoms with Crippen LogP contribution in [0.1, 0.15) is 43.7 Å². The third kappa shape index (κ3) is 2.20. The molecule has 3 heteroatoms. The fourth-order valence-corrected chi connectivity index (χ4v) is 5.91. The Labute approximate surface area is 136 Å². The summed E-state index contributed by atoms with van der Waals surface area (Å²) in [5, 5.41) is 0. The monoisotopic (exact) mass is 308 g/mol. The van der Waals surface area contributed by atoms with Crippen molar-refractivity contribution in [2.75, 3.05) is 0 Å². The first kappa shape index (κ1) is 13.6. The lowest BCUT2D eigenvalue weighted by Gasteiger charge is -2.54. The molecule has 4 saturated carbocycles. The SMILES string of the molecule is O=c1n(Cc2ccccc2)ccn1C1C2CC3CC(C2)CC1C3. The van der Waals surface area contributed by atoms with Crippen molar-refractivity contribution in [3.05, 3.63) is 58.8 Å². The Kier molecular flexibility index (Phi) is 3.04. The number of aromatic nitrogens is 2. The highest BCUT2D eigenvalue weighted by atomic mass is 16.1. The summed E-state index contributed by atoms with van der Waals surface area (Å²) in [7, 11) is 0. The molecule has 3 nitrogen and oxygen atoms in total. The first-order valence-electron chi connectivity index (χ1n) is 9.09. The molecule has 0 radical (unpaired) electrons. The average molecular weight is 308 g/mol. The van der Waals surface area contributed by atoms with E-state index in [1.54, 1.807) is 0 Å². The van der Waals surface area contributed by atoms with Gasteiger partial charge in [0.1, 0.15) is 0 Å². The quantitative estimate of drug-likeness (QED) is 0.849. The van der Waals surface area contributed by atoms with Crippen molar-refractivity contribution >= 4 is 0 Å². The molecule has 0 N–H and O–H groups in total. The van der Waals surface area contributed by atoms with E-state index >= 15 is 0 Å². The summed E-state index contributed by atoms with van der Waals surface area (Å²) >= 11 is 0. The Bertz CT molecular complexity index is 729. The molecule has 1 heterocycles. The predicted molar refractivity (Wildman–Crippen MR) is 90.3 cm³/mol. The first-order valence-corrected chi connectivity index (χ1v) is 9.09. The van der Waals surface area contributed by atoms with Crippen LogP contribution in [0.3, 0.4) is 0 Å². The largest absolute Gasteiger partial charge is 0.328 e. The summed E-state index contributed by atoms with van der Waals surface area (Å²) in [5.41, 5.74) is 1.38. The molecule has 1 aromatic heterocycles. The smallest absolute Gasteiger partial charge is 0.296 e. The number of hydrogen-bond acceptors (Lipinski definition) is 1. The molecule has 4 fully saturated rings. The molecule has 4 aliphatic carbocycles. The minimum absolute atomic E-state index is 0.186. The van der Waals surface area contributed by atoms with Crippen molar-refractivity contribution in [2.45, 2.75) is 44.7 Å². The van der Waals surface area contributed by atoms with E-state index in [1.807, 2.05) is 29.0 Å². The van der Waals surface area contributed by atoms with Crippen molar-refractivity contribution in [2.24, 2.45) is 23.7 Å². The minimum Gasteiger partial charge on any atom is -0.296 e. The molecule has 4 aliphatic rings. The normalized spacial score (nSPS) is 34.9. The second-order valence-electron chi connectivity index (χ2n) is 8.02. The van der Waals surface area contributed by atoms with E-state index in [1.165, 1.54) is 37.7 Å². The lowest BCUT2D eigenvalue weighted by Crippen LogP contribution is -2.48. The van der Waals surface area contributed by atoms with E-state index in [2.05, 4.69) is 22.9 Å². The molecule has 0 amide bonds. The van der Waals surface area contributed by atoms with Crippen LogP contribution in [0.25, 0.3) is 0 Å². The van der Waals surface area contributed by atoms with Crippen molar-refractivity contribution in [3.8, 4) is 0 Å². The molecule has 2 aromatic rings. The van der Waals surface area contributed by atoms with Crippen LogP contribution in [0, 0.1) is 23.7 Å². The van der Waals surface area contributed by atoms with Gasteiger partial charge in [-0.05, 0) is 61.3 Å². The Morgan fingerprint density at radius 2 is 1.52 bits per heavy atom. The summed E-state index contributed by atoms with van der Waals surface area (Å²) in [6, 6.07) is 10.7. The van der Waals surface area contributed by atoms with Crippen LogP contribution < -0.4 is 5.69 Å². The van der Waals surface area contributed by atoms with Crippen LogP contribution in [-0.4, -0.2) is 9.13 Å². The van der Waals surface area contributed by atoms with Gasteiger partial charge >= 0.3 is 5.69 Å². The van der Waals surface area contributed by atoms with Gasteiger partial charge in [-0.15, -0.1) is 0 Å². The summed E-state index contributed by atoms with van der Waals surface area (Å²) in [5.74, 6) is 3.40. The zero-order valence-corrected chi connectivity index (χ0v) is 13.5. The van der Waals surface area contributed by atoms with Gasteiger partial charge in [0, 0.05) is 18.4 Å². The lowest BCUT2D eigenvalue weighted by atomic mass is 9.54. The molecule has 0 unspecified atom stereocenters. The highest BCUT2D eigenvalue weighted by molar-refractivity contribution is 5.15. The summed E-state index contributed by atoms with van der Waals surface area (Å²) in [6.07, 6.45) is 10.9. The van der Waals surface area contributed by atoms with Crippen LogP contribution in [0.2, 0.25) is 0 Å². The van der Waals surface area contributed by atoms with Gasteiger partial charge in [0.15, 0.2) is 0 Å². The van der Waals surface area contributed by atoms with Gasteiger partial charge in [-0.25, -0.2) is 4.79 Å². The molecule has 120 valence electrons. The fraction of sp³-hybridized carbons (Fsp3) is 0.550. The summed E-state index contributed by atoms with van der Waals surface area (Å²) < 4.78 is 3.95. The zero-order chi connectivity index (χ0) is 15.4. The Balaban J connectivity index is 1.45. The van der Waals surface area contributed by atoms with E-state index < -0.39 is 0 Å². The van der Waals surface area contributed by atoms with Gasteiger partial charge in [-0.3, -0.25) is 9.13 Å². The molecule has 1 aromatic carbocycles. The molecule has 23 heavy (non-hydrogen) atoms. The highest BCUT2D eigenvalue weighted by Crippen LogP contribution is 2.57. The van der Waals surface area contributed by atoms with Gasteiger partial charge in [-0.2, -0.15) is 0 Å². The van der Waals surface area contributed by atoms with Gasteiger partial charge < -0.3 is 0 Å². The van der Waals surface area contributed by atoms with E-state index in [0.29, 0.717) is 12.6 Å². The average Bonchev–Trinajstić information content (AvgIpc) is 2.89. The van der Waals surface area contributed by atoms with E-state index in [0.717, 1.165) is 23.7 Å². The van der Waals surface area contributed by atoms with E-state index in [4.69, 9.17) is 0 Å². The Morgan fingerprint density at radius 1 is 0.870 bits per heavy atom. The number of rotatable bonds is 3. The Hall–Kier alpha value is -1.77. The van der Waals surface area contributed by atoms with Crippen LogP contribution in [0.4, 0.5) is 0 Å². The number of nitrogens with zero attached hydrogens (tertiary/aromatic N) is 2. The lowest BCUT2D eigenvalue weighted by molar-refractivity contribution is -0.0304. The first-order chi connectivity index (χ1) is 11.3. The molecule has 0 spiro atoms. The molecule has 6 rings (SSSR count). The third-order valence-electron chi connectivity index (χ3n) is 6.57. The van der Waals surface area contributed by atoms with Crippen LogP contribution in [0.15, 0.2) is 47.5 Å². The maximum atomic E-state index is 12.9. The van der Waals surface area contributed by atoms with Gasteiger partial charge in [-0.1, -0.05) is 30.3 Å². The Morgan fingerprint density at radius 3 is 2.17 bits per heavy atom. The number of imidazole rings is 1. The van der Waals surface area contributed by atoms with Gasteiger partial charge in [0.2, 0.25) is 0 Å². The molecule has 0 aliphatic heterocycles. The number of benzene rings is 1.